The van der Waals surface area contributed by atoms with Crippen LogP contribution in [-0.2, 0) is 0 Å². The van der Waals surface area contributed by atoms with Crippen molar-refractivity contribution in [1.29, 1.82) is 0 Å². The highest BCUT2D eigenvalue weighted by molar-refractivity contribution is 9.10. The van der Waals surface area contributed by atoms with Crippen LogP contribution >= 0.6 is 15.9 Å². The van der Waals surface area contributed by atoms with Crippen LogP contribution in [0.1, 0.15) is 0 Å². The van der Waals surface area contributed by atoms with Crippen molar-refractivity contribution in [2.75, 3.05) is 6.79 Å². The third kappa shape index (κ3) is 0.939. The number of rotatable bonds is 0. The molecule has 0 atom stereocenters. The molecule has 1 heterocycles. The van der Waals surface area contributed by atoms with Crippen molar-refractivity contribution in [3.05, 3.63) is 16.6 Å². The first-order valence-corrected chi connectivity index (χ1v) is 3.85. The standard InChI is InChI=1S/C7H5BrO3/c8-4-1-2-5-7(6(4)9)11-3-10-5/h1-2,9H,3H2. The van der Waals surface area contributed by atoms with Gasteiger partial charge in [0.1, 0.15) is 0 Å². The summed E-state index contributed by atoms with van der Waals surface area (Å²) in [7, 11) is 0. The number of phenolic OH excluding ortho intramolecular Hbond substituents is 1. The molecular weight excluding hydrogens is 212 g/mol. The maximum Gasteiger partial charge on any atom is 0.231 e. The number of benzene rings is 1. The average molecular weight is 217 g/mol. The van der Waals surface area contributed by atoms with Crippen LogP contribution in [0.3, 0.4) is 0 Å². The van der Waals surface area contributed by atoms with Crippen molar-refractivity contribution in [2.45, 2.75) is 0 Å². The first kappa shape index (κ1) is 6.79. The molecule has 1 aromatic carbocycles. The van der Waals surface area contributed by atoms with Gasteiger partial charge in [-0.3, -0.25) is 0 Å². The SMILES string of the molecule is Oc1c(Br)ccc2c1OCO2. The van der Waals surface area contributed by atoms with E-state index in [4.69, 9.17) is 9.47 Å². The van der Waals surface area contributed by atoms with Gasteiger partial charge in [0.15, 0.2) is 11.5 Å². The molecule has 0 saturated carbocycles. The second kappa shape index (κ2) is 2.30. The Morgan fingerprint density at radius 2 is 2.18 bits per heavy atom. The van der Waals surface area contributed by atoms with Gasteiger partial charge in [0.25, 0.3) is 0 Å². The summed E-state index contributed by atoms with van der Waals surface area (Å²) >= 11 is 3.16. The third-order valence-electron chi connectivity index (χ3n) is 1.46. The summed E-state index contributed by atoms with van der Waals surface area (Å²) in [4.78, 5) is 0. The Morgan fingerprint density at radius 1 is 1.36 bits per heavy atom. The minimum Gasteiger partial charge on any atom is -0.503 e. The Kier molecular flexibility index (Phi) is 1.42. The van der Waals surface area contributed by atoms with Gasteiger partial charge >= 0.3 is 0 Å². The first-order valence-electron chi connectivity index (χ1n) is 3.06. The van der Waals surface area contributed by atoms with E-state index >= 15 is 0 Å². The minimum atomic E-state index is 0.0972. The van der Waals surface area contributed by atoms with Gasteiger partial charge in [-0.25, -0.2) is 0 Å². The monoisotopic (exact) mass is 216 g/mol. The number of hydrogen-bond donors (Lipinski definition) is 1. The summed E-state index contributed by atoms with van der Waals surface area (Å²) in [5.74, 6) is 1.10. The summed E-state index contributed by atoms with van der Waals surface area (Å²) in [6.45, 7) is 0.180. The number of hydrogen-bond acceptors (Lipinski definition) is 3. The molecule has 0 saturated heterocycles. The lowest BCUT2D eigenvalue weighted by molar-refractivity contribution is 0.171. The van der Waals surface area contributed by atoms with Crippen LogP contribution in [0.2, 0.25) is 0 Å². The van der Waals surface area contributed by atoms with Crippen molar-refractivity contribution >= 4 is 15.9 Å². The Labute approximate surface area is 71.7 Å². The molecule has 3 nitrogen and oxygen atoms in total. The van der Waals surface area contributed by atoms with Gasteiger partial charge in [-0.1, -0.05) is 0 Å². The number of fused-ring (bicyclic) bond motifs is 1. The molecule has 1 N–H and O–H groups in total. The van der Waals surface area contributed by atoms with E-state index in [0.717, 1.165) is 0 Å². The van der Waals surface area contributed by atoms with Gasteiger partial charge in [-0.15, -0.1) is 0 Å². The normalized spacial score (nSPS) is 13.5. The quantitative estimate of drug-likeness (QED) is 0.720. The van der Waals surface area contributed by atoms with Crippen LogP contribution in [0.5, 0.6) is 17.2 Å². The van der Waals surface area contributed by atoms with Crippen molar-refractivity contribution in [3.63, 3.8) is 0 Å². The topological polar surface area (TPSA) is 38.7 Å². The Bertz CT molecular complexity index is 298. The zero-order valence-corrected chi connectivity index (χ0v) is 7.09. The van der Waals surface area contributed by atoms with Crippen molar-refractivity contribution in [1.82, 2.24) is 0 Å². The molecule has 0 aliphatic carbocycles. The average Bonchev–Trinajstić information content (AvgIpc) is 2.45. The van der Waals surface area contributed by atoms with Gasteiger partial charge in [0.2, 0.25) is 12.5 Å². The molecule has 0 spiro atoms. The molecule has 0 unspecified atom stereocenters. The highest BCUT2D eigenvalue weighted by Gasteiger charge is 2.18. The smallest absolute Gasteiger partial charge is 0.231 e. The molecule has 1 aromatic rings. The highest BCUT2D eigenvalue weighted by Crippen LogP contribution is 2.44. The van der Waals surface area contributed by atoms with E-state index in [1.165, 1.54) is 0 Å². The summed E-state index contributed by atoms with van der Waals surface area (Å²) in [5, 5.41) is 9.37. The minimum absolute atomic E-state index is 0.0972. The predicted octanol–water partition coefficient (Wildman–Crippen LogP) is 1.88. The molecule has 0 fully saturated rings. The molecule has 1 aliphatic heterocycles. The van der Waals surface area contributed by atoms with E-state index in [1.54, 1.807) is 12.1 Å². The molecule has 0 radical (unpaired) electrons. The fourth-order valence-electron chi connectivity index (χ4n) is 0.934. The molecule has 0 aromatic heterocycles. The lowest BCUT2D eigenvalue weighted by atomic mass is 10.3. The molecule has 2 rings (SSSR count). The second-order valence-corrected chi connectivity index (χ2v) is 2.98. The van der Waals surface area contributed by atoms with Gasteiger partial charge < -0.3 is 14.6 Å². The van der Waals surface area contributed by atoms with Crippen LogP contribution in [0.25, 0.3) is 0 Å². The highest BCUT2D eigenvalue weighted by atomic mass is 79.9. The molecule has 4 heteroatoms. The molecular formula is C7H5BrO3. The predicted molar refractivity (Wildman–Crippen MR) is 41.9 cm³/mol. The zero-order valence-electron chi connectivity index (χ0n) is 5.50. The lowest BCUT2D eigenvalue weighted by Crippen LogP contribution is -1.93. The van der Waals surface area contributed by atoms with Crippen molar-refractivity contribution < 1.29 is 14.6 Å². The number of ether oxygens (including phenoxy) is 2. The fourth-order valence-corrected chi connectivity index (χ4v) is 1.25. The van der Waals surface area contributed by atoms with Crippen molar-refractivity contribution in [3.8, 4) is 17.2 Å². The van der Waals surface area contributed by atoms with Gasteiger partial charge in [0.05, 0.1) is 4.47 Å². The lowest BCUT2D eigenvalue weighted by Gasteiger charge is -1.99. The van der Waals surface area contributed by atoms with E-state index < -0.39 is 0 Å². The molecule has 0 amide bonds. The summed E-state index contributed by atoms with van der Waals surface area (Å²) in [5.41, 5.74) is 0. The van der Waals surface area contributed by atoms with Crippen LogP contribution < -0.4 is 9.47 Å². The number of halogens is 1. The number of aromatic hydroxyl groups is 1. The molecule has 0 bridgehead atoms. The van der Waals surface area contributed by atoms with E-state index in [1.807, 2.05) is 0 Å². The molecule has 58 valence electrons. The Morgan fingerprint density at radius 3 is 3.00 bits per heavy atom. The summed E-state index contributed by atoms with van der Waals surface area (Å²) in [6.07, 6.45) is 0. The van der Waals surface area contributed by atoms with Crippen LogP contribution in [0.15, 0.2) is 16.6 Å². The second-order valence-electron chi connectivity index (χ2n) is 2.13. The fraction of sp³-hybridized carbons (Fsp3) is 0.143. The Balaban J connectivity index is 2.62. The zero-order chi connectivity index (χ0) is 7.84. The van der Waals surface area contributed by atoms with Crippen LogP contribution in [-0.4, -0.2) is 11.9 Å². The van der Waals surface area contributed by atoms with Crippen molar-refractivity contribution in [2.24, 2.45) is 0 Å². The third-order valence-corrected chi connectivity index (χ3v) is 2.10. The molecule has 1 aliphatic rings. The summed E-state index contributed by atoms with van der Waals surface area (Å²) in [6, 6.07) is 3.45. The van der Waals surface area contributed by atoms with E-state index in [9.17, 15) is 5.11 Å². The Hall–Kier alpha value is -0.900. The van der Waals surface area contributed by atoms with Gasteiger partial charge in [-0.05, 0) is 28.1 Å². The maximum absolute atomic E-state index is 9.37. The largest absolute Gasteiger partial charge is 0.503 e. The van der Waals surface area contributed by atoms with Crippen LogP contribution in [0, 0.1) is 0 Å². The summed E-state index contributed by atoms with van der Waals surface area (Å²) < 4.78 is 10.7. The van der Waals surface area contributed by atoms with Gasteiger partial charge in [0, 0.05) is 0 Å². The number of phenols is 1. The van der Waals surface area contributed by atoms with E-state index in [0.29, 0.717) is 16.0 Å². The van der Waals surface area contributed by atoms with Gasteiger partial charge in [-0.2, -0.15) is 0 Å². The van der Waals surface area contributed by atoms with E-state index in [2.05, 4.69) is 15.9 Å². The maximum atomic E-state index is 9.37. The van der Waals surface area contributed by atoms with E-state index in [-0.39, 0.29) is 12.5 Å². The van der Waals surface area contributed by atoms with Crippen LogP contribution in [0.4, 0.5) is 0 Å². The first-order chi connectivity index (χ1) is 5.29. The molecule has 11 heavy (non-hydrogen) atoms.